The maximum atomic E-state index is 11.5. The number of rotatable bonds is 4. The molecule has 1 aliphatic heterocycles. The molecule has 0 saturated carbocycles. The molecule has 112 valence electrons. The number of methoxy groups -OCH3 is 1. The van der Waals surface area contributed by atoms with Gasteiger partial charge in [0.05, 0.1) is 13.2 Å². The minimum Gasteiger partial charge on any atom is -0.384 e. The number of aliphatic imine (C=N–C) groups is 1. The topological polar surface area (TPSA) is 57.2 Å². The molecule has 0 spiro atoms. The fraction of sp³-hybridized carbons (Fsp3) is 0.833. The van der Waals surface area contributed by atoms with E-state index < -0.39 is 0 Å². The third-order valence-corrected chi connectivity index (χ3v) is 3.10. The number of guanidine groups is 1. The SMILES string of the molecule is CN=C(NCC(=O)N(C)C)N1CCC(COC)C1.I. The van der Waals surface area contributed by atoms with Crippen LogP contribution in [0.4, 0.5) is 0 Å². The van der Waals surface area contributed by atoms with Gasteiger partial charge in [0.1, 0.15) is 0 Å². The first-order valence-electron chi connectivity index (χ1n) is 6.23. The van der Waals surface area contributed by atoms with E-state index in [4.69, 9.17) is 4.74 Å². The first-order chi connectivity index (χ1) is 8.58. The normalized spacial score (nSPS) is 19.1. The highest BCUT2D eigenvalue weighted by Crippen LogP contribution is 2.16. The molecule has 0 bridgehead atoms. The van der Waals surface area contributed by atoms with Gasteiger partial charge in [-0.25, -0.2) is 0 Å². The lowest BCUT2D eigenvalue weighted by Crippen LogP contribution is -2.44. The van der Waals surface area contributed by atoms with Crippen LogP contribution in [0.2, 0.25) is 0 Å². The summed E-state index contributed by atoms with van der Waals surface area (Å²) in [5, 5.41) is 3.10. The predicted octanol–water partition coefficient (Wildman–Crippen LogP) is 0.236. The van der Waals surface area contributed by atoms with E-state index in [1.807, 2.05) is 0 Å². The molecule has 1 rings (SSSR count). The van der Waals surface area contributed by atoms with Gasteiger partial charge in [-0.15, -0.1) is 24.0 Å². The second kappa shape index (κ2) is 9.35. The number of nitrogens with one attached hydrogen (secondary N) is 1. The Bertz CT molecular complexity index is 310. The summed E-state index contributed by atoms with van der Waals surface area (Å²) in [6.45, 7) is 2.96. The van der Waals surface area contributed by atoms with Crippen LogP contribution in [0, 0.1) is 5.92 Å². The van der Waals surface area contributed by atoms with Crippen molar-refractivity contribution in [3.05, 3.63) is 0 Å². The highest BCUT2D eigenvalue weighted by molar-refractivity contribution is 14.0. The Morgan fingerprint density at radius 3 is 2.74 bits per heavy atom. The molecule has 1 unspecified atom stereocenters. The van der Waals surface area contributed by atoms with E-state index in [-0.39, 0.29) is 36.4 Å². The molecule has 1 amide bonds. The van der Waals surface area contributed by atoms with Crippen molar-refractivity contribution in [1.82, 2.24) is 15.1 Å². The molecule has 0 aliphatic carbocycles. The zero-order valence-corrected chi connectivity index (χ0v) is 14.5. The van der Waals surface area contributed by atoms with E-state index >= 15 is 0 Å². The van der Waals surface area contributed by atoms with Gasteiger partial charge in [-0.05, 0) is 6.42 Å². The number of hydrogen-bond donors (Lipinski definition) is 1. The fourth-order valence-electron chi connectivity index (χ4n) is 2.04. The van der Waals surface area contributed by atoms with Crippen molar-refractivity contribution < 1.29 is 9.53 Å². The van der Waals surface area contributed by atoms with E-state index in [1.54, 1.807) is 33.2 Å². The summed E-state index contributed by atoms with van der Waals surface area (Å²) in [5.74, 6) is 1.39. The summed E-state index contributed by atoms with van der Waals surface area (Å²) in [4.78, 5) is 19.5. The largest absolute Gasteiger partial charge is 0.384 e. The molecule has 1 aliphatic rings. The number of ether oxygens (including phenoxy) is 1. The standard InChI is InChI=1S/C12H24N4O2.HI/c1-13-12(14-7-11(17)15(2)3)16-6-5-10(8-16)9-18-4;/h10H,5-9H2,1-4H3,(H,13,14);1H. The molecular formula is C12H25IN4O2. The van der Waals surface area contributed by atoms with Gasteiger partial charge < -0.3 is 19.9 Å². The number of nitrogens with zero attached hydrogens (tertiary/aromatic N) is 3. The molecule has 1 saturated heterocycles. The van der Waals surface area contributed by atoms with Crippen molar-refractivity contribution in [2.75, 3.05) is 54.5 Å². The zero-order valence-electron chi connectivity index (χ0n) is 12.2. The minimum absolute atomic E-state index is 0. The average molecular weight is 384 g/mol. The molecule has 1 heterocycles. The van der Waals surface area contributed by atoms with Crippen LogP contribution in [-0.4, -0.2) is 76.2 Å². The van der Waals surface area contributed by atoms with Crippen molar-refractivity contribution in [1.29, 1.82) is 0 Å². The van der Waals surface area contributed by atoms with E-state index in [0.29, 0.717) is 5.92 Å². The van der Waals surface area contributed by atoms with Crippen LogP contribution in [0.3, 0.4) is 0 Å². The third-order valence-electron chi connectivity index (χ3n) is 3.10. The Morgan fingerprint density at radius 1 is 1.53 bits per heavy atom. The Morgan fingerprint density at radius 2 is 2.21 bits per heavy atom. The Kier molecular flexibility index (Phi) is 9.07. The molecule has 1 fully saturated rings. The van der Waals surface area contributed by atoms with Crippen molar-refractivity contribution in [2.24, 2.45) is 10.9 Å². The molecule has 1 N–H and O–H groups in total. The van der Waals surface area contributed by atoms with Crippen LogP contribution >= 0.6 is 24.0 Å². The Balaban J connectivity index is 0.00000324. The zero-order chi connectivity index (χ0) is 13.5. The van der Waals surface area contributed by atoms with Crippen LogP contribution in [0.1, 0.15) is 6.42 Å². The maximum Gasteiger partial charge on any atom is 0.241 e. The number of hydrogen-bond acceptors (Lipinski definition) is 3. The number of carbonyl (C=O) groups excluding carboxylic acids is 1. The lowest BCUT2D eigenvalue weighted by Gasteiger charge is -2.22. The first kappa shape index (κ1) is 18.4. The molecule has 0 radical (unpaired) electrons. The van der Waals surface area contributed by atoms with Crippen molar-refractivity contribution in [3.63, 3.8) is 0 Å². The van der Waals surface area contributed by atoms with E-state index in [2.05, 4.69) is 15.2 Å². The molecular weight excluding hydrogens is 359 g/mol. The summed E-state index contributed by atoms with van der Waals surface area (Å²) in [5.41, 5.74) is 0. The summed E-state index contributed by atoms with van der Waals surface area (Å²) < 4.78 is 5.17. The quantitative estimate of drug-likeness (QED) is 0.429. The van der Waals surface area contributed by atoms with Crippen molar-refractivity contribution in [3.8, 4) is 0 Å². The number of amides is 1. The van der Waals surface area contributed by atoms with Gasteiger partial charge in [0.2, 0.25) is 5.91 Å². The number of carbonyl (C=O) groups is 1. The van der Waals surface area contributed by atoms with Crippen LogP contribution in [-0.2, 0) is 9.53 Å². The van der Waals surface area contributed by atoms with Gasteiger partial charge in [-0.1, -0.05) is 0 Å². The van der Waals surface area contributed by atoms with Gasteiger partial charge in [-0.3, -0.25) is 9.79 Å². The number of likely N-dealkylation sites (N-methyl/N-ethyl adjacent to an activating group) is 1. The molecule has 0 aromatic carbocycles. The molecule has 19 heavy (non-hydrogen) atoms. The van der Waals surface area contributed by atoms with E-state index in [0.717, 1.165) is 32.1 Å². The lowest BCUT2D eigenvalue weighted by molar-refractivity contribution is -0.127. The summed E-state index contributed by atoms with van der Waals surface area (Å²) in [7, 11) is 6.96. The number of halogens is 1. The van der Waals surface area contributed by atoms with Crippen LogP contribution in [0.5, 0.6) is 0 Å². The fourth-order valence-corrected chi connectivity index (χ4v) is 2.04. The van der Waals surface area contributed by atoms with Crippen LogP contribution in [0.15, 0.2) is 4.99 Å². The van der Waals surface area contributed by atoms with Crippen LogP contribution in [0.25, 0.3) is 0 Å². The smallest absolute Gasteiger partial charge is 0.241 e. The second-order valence-corrected chi connectivity index (χ2v) is 4.74. The predicted molar refractivity (Wildman–Crippen MR) is 87.0 cm³/mol. The highest BCUT2D eigenvalue weighted by atomic mass is 127. The summed E-state index contributed by atoms with van der Waals surface area (Å²) in [6.07, 6.45) is 1.11. The highest BCUT2D eigenvalue weighted by Gasteiger charge is 2.24. The minimum atomic E-state index is 0. The third kappa shape index (κ3) is 5.94. The lowest BCUT2D eigenvalue weighted by atomic mass is 10.1. The van der Waals surface area contributed by atoms with Gasteiger partial charge in [-0.2, -0.15) is 0 Å². The Labute approximate surface area is 132 Å². The molecule has 6 nitrogen and oxygen atoms in total. The van der Waals surface area contributed by atoms with Gasteiger partial charge in [0.25, 0.3) is 0 Å². The van der Waals surface area contributed by atoms with Gasteiger partial charge in [0.15, 0.2) is 5.96 Å². The first-order valence-corrected chi connectivity index (χ1v) is 6.23. The second-order valence-electron chi connectivity index (χ2n) is 4.74. The summed E-state index contributed by atoms with van der Waals surface area (Å²) in [6, 6.07) is 0. The Hall–Kier alpha value is -0.570. The van der Waals surface area contributed by atoms with Crippen molar-refractivity contribution in [2.45, 2.75) is 6.42 Å². The van der Waals surface area contributed by atoms with Gasteiger partial charge in [0, 0.05) is 47.3 Å². The van der Waals surface area contributed by atoms with Crippen molar-refractivity contribution >= 4 is 35.8 Å². The average Bonchev–Trinajstić information content (AvgIpc) is 2.78. The molecule has 0 aromatic rings. The van der Waals surface area contributed by atoms with Gasteiger partial charge >= 0.3 is 0 Å². The molecule has 7 heteroatoms. The maximum absolute atomic E-state index is 11.5. The number of likely N-dealkylation sites (tertiary alicyclic amines) is 1. The molecule has 1 atom stereocenters. The molecule has 0 aromatic heterocycles. The monoisotopic (exact) mass is 384 g/mol. The van der Waals surface area contributed by atoms with E-state index in [9.17, 15) is 4.79 Å². The summed E-state index contributed by atoms with van der Waals surface area (Å²) >= 11 is 0. The van der Waals surface area contributed by atoms with E-state index in [1.165, 1.54) is 0 Å². The van der Waals surface area contributed by atoms with Crippen LogP contribution < -0.4 is 5.32 Å².